The third kappa shape index (κ3) is 2.11. The van der Waals surface area contributed by atoms with E-state index in [4.69, 9.17) is 9.98 Å². The number of nitrogens with zero attached hydrogens (tertiary/aromatic N) is 3. The summed E-state index contributed by atoms with van der Waals surface area (Å²) in [7, 11) is 0. The van der Waals surface area contributed by atoms with E-state index in [0.717, 1.165) is 29.1 Å². The molecule has 0 spiro atoms. The Hall–Kier alpha value is -2.72. The van der Waals surface area contributed by atoms with Gasteiger partial charge in [-0.3, -0.25) is 0 Å². The number of para-hydroxylation sites is 2. The van der Waals surface area contributed by atoms with Crippen LogP contribution in [0, 0.1) is 0 Å². The summed E-state index contributed by atoms with van der Waals surface area (Å²) in [5.41, 5.74) is 4.58. The first-order chi connectivity index (χ1) is 11.9. The second-order valence-corrected chi connectivity index (χ2v) is 6.88. The van der Waals surface area contributed by atoms with Gasteiger partial charge in [-0.25, -0.2) is 9.98 Å². The largest absolute Gasteiger partial charge is 0.300 e. The molecule has 1 unspecified atom stereocenters. The van der Waals surface area contributed by atoms with Gasteiger partial charge in [0.25, 0.3) is 0 Å². The summed E-state index contributed by atoms with van der Waals surface area (Å²) >= 11 is 1.74. The maximum atomic E-state index is 4.88. The minimum Gasteiger partial charge on any atom is -0.300 e. The van der Waals surface area contributed by atoms with Crippen LogP contribution in [0.2, 0.25) is 0 Å². The first kappa shape index (κ1) is 13.7. The lowest BCUT2D eigenvalue weighted by molar-refractivity contribution is 0.612. The molecule has 2 aromatic carbocycles. The Morgan fingerprint density at radius 3 is 2.58 bits per heavy atom. The van der Waals surface area contributed by atoms with E-state index >= 15 is 0 Å². The van der Waals surface area contributed by atoms with Crippen LogP contribution in [0.4, 0.5) is 5.95 Å². The summed E-state index contributed by atoms with van der Waals surface area (Å²) in [5.74, 6) is 0.805. The van der Waals surface area contributed by atoms with Gasteiger partial charge < -0.3 is 4.57 Å². The molecule has 1 aliphatic rings. The Morgan fingerprint density at radius 2 is 1.75 bits per heavy atom. The van der Waals surface area contributed by atoms with Gasteiger partial charge in [-0.15, -0.1) is 11.3 Å². The number of rotatable bonds is 2. The Morgan fingerprint density at radius 1 is 0.917 bits per heavy atom. The zero-order valence-corrected chi connectivity index (χ0v) is 13.8. The van der Waals surface area contributed by atoms with Gasteiger partial charge in [0, 0.05) is 11.3 Å². The highest BCUT2D eigenvalue weighted by Gasteiger charge is 2.27. The van der Waals surface area contributed by atoms with Crippen LogP contribution in [0.1, 0.15) is 22.9 Å². The van der Waals surface area contributed by atoms with Crippen molar-refractivity contribution in [1.29, 1.82) is 0 Å². The molecule has 3 heterocycles. The number of thiophene rings is 1. The SMILES string of the molecule is c1ccc(C2CC(c3cccs3)=Nc3nc4ccccc4n32)cc1. The molecule has 0 aliphatic carbocycles. The highest BCUT2D eigenvalue weighted by Crippen LogP contribution is 2.37. The Kier molecular flexibility index (Phi) is 3.10. The lowest BCUT2D eigenvalue weighted by atomic mass is 9.98. The van der Waals surface area contributed by atoms with E-state index in [2.05, 4.69) is 70.6 Å². The Bertz CT molecular complexity index is 1030. The van der Waals surface area contributed by atoms with Gasteiger partial charge in [-0.1, -0.05) is 48.5 Å². The molecule has 0 amide bonds. The molecule has 4 aromatic rings. The molecule has 0 bridgehead atoms. The van der Waals surface area contributed by atoms with Crippen LogP contribution in [0.15, 0.2) is 77.1 Å². The molecule has 2 aromatic heterocycles. The Balaban J connectivity index is 1.76. The quantitative estimate of drug-likeness (QED) is 0.496. The van der Waals surface area contributed by atoms with Gasteiger partial charge in [0.15, 0.2) is 0 Å². The third-order valence-electron chi connectivity index (χ3n) is 4.50. The van der Waals surface area contributed by atoms with E-state index in [1.807, 2.05) is 6.07 Å². The van der Waals surface area contributed by atoms with E-state index < -0.39 is 0 Å². The molecular formula is C20H15N3S. The van der Waals surface area contributed by atoms with Gasteiger partial charge in [-0.2, -0.15) is 0 Å². The van der Waals surface area contributed by atoms with Crippen molar-refractivity contribution in [1.82, 2.24) is 9.55 Å². The normalized spacial score (nSPS) is 16.8. The summed E-state index contributed by atoms with van der Waals surface area (Å²) in [6, 6.07) is 23.4. The first-order valence-electron chi connectivity index (χ1n) is 8.03. The van der Waals surface area contributed by atoms with Crippen LogP contribution >= 0.6 is 11.3 Å². The number of aromatic nitrogens is 2. The summed E-state index contributed by atoms with van der Waals surface area (Å²) in [6.45, 7) is 0. The molecule has 0 radical (unpaired) electrons. The van der Waals surface area contributed by atoms with Crippen LogP contribution in [0.25, 0.3) is 11.0 Å². The predicted molar refractivity (Wildman–Crippen MR) is 99.4 cm³/mol. The number of hydrogen-bond donors (Lipinski definition) is 0. The number of hydrogen-bond acceptors (Lipinski definition) is 3. The summed E-state index contributed by atoms with van der Waals surface area (Å²) in [6.07, 6.45) is 0.887. The predicted octanol–water partition coefficient (Wildman–Crippen LogP) is 5.21. The lowest BCUT2D eigenvalue weighted by Crippen LogP contribution is -2.19. The molecule has 0 saturated heterocycles. The average Bonchev–Trinajstić information content (AvgIpc) is 3.29. The zero-order chi connectivity index (χ0) is 15.9. The fourth-order valence-electron chi connectivity index (χ4n) is 3.40. The summed E-state index contributed by atoms with van der Waals surface area (Å²) in [4.78, 5) is 10.9. The van der Waals surface area contributed by atoms with Crippen molar-refractivity contribution in [2.75, 3.05) is 0 Å². The van der Waals surface area contributed by atoms with Gasteiger partial charge in [0.1, 0.15) is 0 Å². The second kappa shape index (κ2) is 5.42. The van der Waals surface area contributed by atoms with E-state index in [9.17, 15) is 0 Å². The number of aliphatic imine (C=N–C) groups is 1. The zero-order valence-electron chi connectivity index (χ0n) is 13.0. The second-order valence-electron chi connectivity index (χ2n) is 5.94. The molecule has 0 fully saturated rings. The lowest BCUT2D eigenvalue weighted by Gasteiger charge is -2.25. The van der Waals surface area contributed by atoms with Gasteiger partial charge in [0.2, 0.25) is 5.95 Å². The smallest absolute Gasteiger partial charge is 0.231 e. The van der Waals surface area contributed by atoms with E-state index in [-0.39, 0.29) is 6.04 Å². The maximum Gasteiger partial charge on any atom is 0.231 e. The van der Waals surface area contributed by atoms with Gasteiger partial charge in [-0.05, 0) is 29.1 Å². The van der Waals surface area contributed by atoms with Gasteiger partial charge >= 0.3 is 0 Å². The molecule has 1 aliphatic heterocycles. The summed E-state index contributed by atoms with van der Waals surface area (Å²) in [5, 5.41) is 2.10. The number of benzene rings is 2. The molecule has 0 saturated carbocycles. The van der Waals surface area contributed by atoms with Crippen molar-refractivity contribution in [2.45, 2.75) is 12.5 Å². The van der Waals surface area contributed by atoms with Crippen LogP contribution < -0.4 is 0 Å². The fraction of sp³-hybridized carbons (Fsp3) is 0.100. The maximum absolute atomic E-state index is 4.88. The number of imidazole rings is 1. The molecule has 1 atom stereocenters. The molecule has 24 heavy (non-hydrogen) atoms. The molecule has 4 heteroatoms. The minimum atomic E-state index is 0.225. The van der Waals surface area contributed by atoms with Crippen molar-refractivity contribution in [2.24, 2.45) is 4.99 Å². The van der Waals surface area contributed by atoms with E-state index in [1.165, 1.54) is 10.4 Å². The van der Waals surface area contributed by atoms with Crippen LogP contribution in [0.5, 0.6) is 0 Å². The monoisotopic (exact) mass is 329 g/mol. The van der Waals surface area contributed by atoms with E-state index in [0.29, 0.717) is 0 Å². The van der Waals surface area contributed by atoms with Crippen molar-refractivity contribution in [3.8, 4) is 0 Å². The first-order valence-corrected chi connectivity index (χ1v) is 8.91. The van der Waals surface area contributed by atoms with Crippen molar-refractivity contribution in [3.05, 3.63) is 82.6 Å². The number of fused-ring (bicyclic) bond motifs is 3. The third-order valence-corrected chi connectivity index (χ3v) is 5.42. The molecule has 3 nitrogen and oxygen atoms in total. The van der Waals surface area contributed by atoms with Crippen LogP contribution in [-0.2, 0) is 0 Å². The van der Waals surface area contributed by atoms with Gasteiger partial charge in [0.05, 0.1) is 22.8 Å². The highest BCUT2D eigenvalue weighted by atomic mass is 32.1. The fourth-order valence-corrected chi connectivity index (χ4v) is 4.13. The van der Waals surface area contributed by atoms with E-state index in [1.54, 1.807) is 11.3 Å². The Labute approximate surface area is 143 Å². The highest BCUT2D eigenvalue weighted by molar-refractivity contribution is 7.12. The van der Waals surface area contributed by atoms with Crippen molar-refractivity contribution in [3.63, 3.8) is 0 Å². The molecule has 116 valence electrons. The molecular weight excluding hydrogens is 314 g/mol. The summed E-state index contributed by atoms with van der Waals surface area (Å²) < 4.78 is 2.28. The topological polar surface area (TPSA) is 30.2 Å². The standard InChI is InChI=1S/C20H15N3S/c1-2-7-14(8-3-1)18-13-16(19-11-6-12-24-19)22-20-21-15-9-4-5-10-17(15)23(18)20/h1-12,18H,13H2. The molecule has 5 rings (SSSR count). The van der Waals surface area contributed by atoms with Crippen LogP contribution in [-0.4, -0.2) is 15.3 Å². The van der Waals surface area contributed by atoms with Crippen molar-refractivity contribution < 1.29 is 0 Å². The molecule has 0 N–H and O–H groups in total. The van der Waals surface area contributed by atoms with Crippen molar-refractivity contribution >= 4 is 34.0 Å². The average molecular weight is 329 g/mol. The van der Waals surface area contributed by atoms with Crippen LogP contribution in [0.3, 0.4) is 0 Å². The minimum absolute atomic E-state index is 0.225.